The maximum Gasteiger partial charge on any atom is 0.307 e. The largest absolute Gasteiger partial charge is 0.495 e. The molecule has 1 aliphatic rings. The minimum Gasteiger partial charge on any atom is -0.495 e. The van der Waals surface area contributed by atoms with Gasteiger partial charge in [-0.15, -0.1) is 0 Å². The number of carbonyl (C=O) groups is 1. The second-order valence-electron chi connectivity index (χ2n) is 3.80. The Morgan fingerprint density at radius 1 is 1.44 bits per heavy atom. The van der Waals surface area contributed by atoms with Gasteiger partial charge in [0.25, 0.3) is 0 Å². The van der Waals surface area contributed by atoms with Gasteiger partial charge in [0.05, 0.1) is 18.1 Å². The number of hydrogen-bond donors (Lipinski definition) is 1. The number of methoxy groups -OCH3 is 1. The quantitative estimate of drug-likeness (QED) is 0.908. The van der Waals surface area contributed by atoms with Gasteiger partial charge in [-0.3, -0.25) is 4.79 Å². The first kappa shape index (κ1) is 11.6. The smallest absolute Gasteiger partial charge is 0.307 e. The summed E-state index contributed by atoms with van der Waals surface area (Å²) in [4.78, 5) is 10.8. The van der Waals surface area contributed by atoms with Crippen LogP contribution in [0.1, 0.15) is 17.9 Å². The molecule has 1 N–H and O–H groups in total. The molecule has 1 fully saturated rings. The zero-order valence-electron chi connectivity index (χ0n) is 8.54. The summed E-state index contributed by atoms with van der Waals surface area (Å²) in [6, 6.07) is 3.31. The fraction of sp³-hybridized carbons (Fsp3) is 0.364. The standard InChI is InChI=1S/C11H10Cl2O3/c1-16-10-4-8(12)6(3-9(10)13)5-2-7(5)11(14)15/h3-5,7H,2H2,1H3,(H,14,15). The van der Waals surface area contributed by atoms with Crippen LogP contribution in [0.5, 0.6) is 5.75 Å². The lowest BCUT2D eigenvalue weighted by Gasteiger charge is -2.08. The second kappa shape index (κ2) is 4.15. The van der Waals surface area contributed by atoms with Gasteiger partial charge in [0.1, 0.15) is 5.75 Å². The Morgan fingerprint density at radius 2 is 2.12 bits per heavy atom. The molecule has 2 rings (SSSR count). The Kier molecular flexibility index (Phi) is 3.00. The predicted octanol–water partition coefficient (Wildman–Crippen LogP) is 3.19. The van der Waals surface area contributed by atoms with Gasteiger partial charge in [-0.2, -0.15) is 0 Å². The van der Waals surface area contributed by atoms with E-state index in [0.717, 1.165) is 5.56 Å². The van der Waals surface area contributed by atoms with Crippen molar-refractivity contribution in [3.05, 3.63) is 27.7 Å². The van der Waals surface area contributed by atoms with E-state index in [4.69, 9.17) is 33.0 Å². The summed E-state index contributed by atoms with van der Waals surface area (Å²) in [6.07, 6.45) is 0.623. The number of carboxylic acids is 1. The highest BCUT2D eigenvalue weighted by Gasteiger charge is 2.45. The van der Waals surface area contributed by atoms with Crippen molar-refractivity contribution in [3.8, 4) is 5.75 Å². The molecule has 1 aromatic carbocycles. The normalized spacial score (nSPS) is 22.9. The summed E-state index contributed by atoms with van der Waals surface area (Å²) in [7, 11) is 1.51. The highest BCUT2D eigenvalue weighted by molar-refractivity contribution is 6.34. The molecule has 0 amide bonds. The van der Waals surface area contributed by atoms with Crippen LogP contribution in [0.3, 0.4) is 0 Å². The Labute approximate surface area is 103 Å². The van der Waals surface area contributed by atoms with Crippen molar-refractivity contribution in [2.24, 2.45) is 5.92 Å². The molecule has 0 bridgehead atoms. The Balaban J connectivity index is 2.30. The van der Waals surface area contributed by atoms with E-state index in [1.165, 1.54) is 7.11 Å². The summed E-state index contributed by atoms with van der Waals surface area (Å²) in [5.74, 6) is -0.633. The van der Waals surface area contributed by atoms with E-state index in [1.54, 1.807) is 12.1 Å². The lowest BCUT2D eigenvalue weighted by molar-refractivity contribution is -0.138. The van der Waals surface area contributed by atoms with E-state index < -0.39 is 5.97 Å². The van der Waals surface area contributed by atoms with Gasteiger partial charge in [-0.05, 0) is 24.0 Å². The molecule has 0 heterocycles. The van der Waals surface area contributed by atoms with E-state index in [2.05, 4.69) is 0 Å². The number of ether oxygens (including phenoxy) is 1. The summed E-state index contributed by atoms with van der Waals surface area (Å²) in [5.41, 5.74) is 0.792. The van der Waals surface area contributed by atoms with Crippen molar-refractivity contribution in [1.82, 2.24) is 0 Å². The molecule has 1 aliphatic carbocycles. The first-order chi connectivity index (χ1) is 7.54. The fourth-order valence-electron chi connectivity index (χ4n) is 1.80. The maximum absolute atomic E-state index is 10.8. The number of halogens is 2. The molecule has 0 saturated heterocycles. The Morgan fingerprint density at radius 3 is 2.62 bits per heavy atom. The molecule has 86 valence electrons. The number of hydrogen-bond acceptors (Lipinski definition) is 2. The van der Waals surface area contributed by atoms with Crippen LogP contribution in [-0.4, -0.2) is 18.2 Å². The van der Waals surface area contributed by atoms with Crippen molar-refractivity contribution in [1.29, 1.82) is 0 Å². The fourth-order valence-corrected chi connectivity index (χ4v) is 2.34. The molecule has 1 saturated carbocycles. The van der Waals surface area contributed by atoms with Crippen LogP contribution in [0, 0.1) is 5.92 Å². The van der Waals surface area contributed by atoms with Crippen molar-refractivity contribution in [3.63, 3.8) is 0 Å². The van der Waals surface area contributed by atoms with Gasteiger partial charge in [0.2, 0.25) is 0 Å². The van der Waals surface area contributed by atoms with Crippen LogP contribution < -0.4 is 4.74 Å². The van der Waals surface area contributed by atoms with E-state index >= 15 is 0 Å². The lowest BCUT2D eigenvalue weighted by Crippen LogP contribution is -1.99. The summed E-state index contributed by atoms with van der Waals surface area (Å²) in [6.45, 7) is 0. The monoisotopic (exact) mass is 260 g/mol. The topological polar surface area (TPSA) is 46.5 Å². The Hall–Kier alpha value is -0.930. The highest BCUT2D eigenvalue weighted by Crippen LogP contribution is 2.51. The second-order valence-corrected chi connectivity index (χ2v) is 4.61. The minimum atomic E-state index is -0.784. The van der Waals surface area contributed by atoms with Crippen molar-refractivity contribution < 1.29 is 14.6 Å². The molecule has 16 heavy (non-hydrogen) atoms. The van der Waals surface area contributed by atoms with Crippen molar-refractivity contribution >= 4 is 29.2 Å². The molecule has 0 aliphatic heterocycles. The van der Waals surface area contributed by atoms with Crippen LogP contribution in [0.15, 0.2) is 12.1 Å². The third-order valence-electron chi connectivity index (χ3n) is 2.78. The highest BCUT2D eigenvalue weighted by atomic mass is 35.5. The molecular formula is C11H10Cl2O3. The minimum absolute atomic E-state index is 0.0200. The van der Waals surface area contributed by atoms with Gasteiger partial charge in [-0.1, -0.05) is 23.2 Å². The zero-order valence-corrected chi connectivity index (χ0v) is 10.0. The van der Waals surface area contributed by atoms with Crippen molar-refractivity contribution in [2.45, 2.75) is 12.3 Å². The number of aliphatic carboxylic acids is 1. The van der Waals surface area contributed by atoms with Crippen LogP contribution in [-0.2, 0) is 4.79 Å². The third kappa shape index (κ3) is 1.97. The molecule has 0 aromatic heterocycles. The van der Waals surface area contributed by atoms with E-state index in [0.29, 0.717) is 22.2 Å². The summed E-state index contributed by atoms with van der Waals surface area (Å²) < 4.78 is 5.02. The number of benzene rings is 1. The van der Waals surface area contributed by atoms with Gasteiger partial charge in [-0.25, -0.2) is 0 Å². The Bertz CT molecular complexity index is 445. The van der Waals surface area contributed by atoms with Gasteiger partial charge in [0, 0.05) is 11.1 Å². The molecule has 2 unspecified atom stereocenters. The average Bonchev–Trinajstić information content (AvgIpc) is 3.00. The molecule has 5 heteroatoms. The lowest BCUT2D eigenvalue weighted by atomic mass is 10.1. The first-order valence-electron chi connectivity index (χ1n) is 4.80. The van der Waals surface area contributed by atoms with E-state index in [-0.39, 0.29) is 11.8 Å². The van der Waals surface area contributed by atoms with Crippen LogP contribution >= 0.6 is 23.2 Å². The van der Waals surface area contributed by atoms with E-state index in [1.807, 2.05) is 0 Å². The molecule has 2 atom stereocenters. The van der Waals surface area contributed by atoms with Crippen LogP contribution in [0.2, 0.25) is 10.0 Å². The third-order valence-corrected chi connectivity index (χ3v) is 3.40. The molecular weight excluding hydrogens is 251 g/mol. The van der Waals surface area contributed by atoms with Gasteiger partial charge >= 0.3 is 5.97 Å². The molecule has 0 spiro atoms. The number of carboxylic acid groups (broad SMARTS) is 1. The van der Waals surface area contributed by atoms with E-state index in [9.17, 15) is 4.79 Å². The molecule has 3 nitrogen and oxygen atoms in total. The maximum atomic E-state index is 10.8. The zero-order chi connectivity index (χ0) is 11.9. The summed E-state index contributed by atoms with van der Waals surface area (Å²) in [5, 5.41) is 9.81. The summed E-state index contributed by atoms with van der Waals surface area (Å²) >= 11 is 12.0. The van der Waals surface area contributed by atoms with Crippen molar-refractivity contribution in [2.75, 3.05) is 7.11 Å². The number of rotatable bonds is 3. The van der Waals surface area contributed by atoms with Crippen LogP contribution in [0.25, 0.3) is 0 Å². The van der Waals surface area contributed by atoms with Gasteiger partial charge in [0.15, 0.2) is 0 Å². The van der Waals surface area contributed by atoms with Crippen LogP contribution in [0.4, 0.5) is 0 Å². The molecule has 0 radical (unpaired) electrons. The first-order valence-corrected chi connectivity index (χ1v) is 5.56. The van der Waals surface area contributed by atoms with Gasteiger partial charge < -0.3 is 9.84 Å². The SMILES string of the molecule is COc1cc(Cl)c(C2CC2C(=O)O)cc1Cl. The molecule has 1 aromatic rings. The average molecular weight is 261 g/mol. The predicted molar refractivity (Wildman–Crippen MR) is 61.5 cm³/mol.